The Morgan fingerprint density at radius 2 is 2.21 bits per heavy atom. The van der Waals surface area contributed by atoms with Crippen molar-refractivity contribution in [1.29, 1.82) is 0 Å². The molecule has 1 heterocycles. The molecule has 14 heavy (non-hydrogen) atoms. The summed E-state index contributed by atoms with van der Waals surface area (Å²) in [5.41, 5.74) is 0.870. The van der Waals surface area contributed by atoms with Gasteiger partial charge in [-0.25, -0.2) is 4.98 Å². The molecular formula is C9H11Cl2N3. The van der Waals surface area contributed by atoms with Crippen molar-refractivity contribution in [1.82, 2.24) is 14.9 Å². The Labute approximate surface area is 93.4 Å². The minimum atomic E-state index is 0.397. The van der Waals surface area contributed by atoms with Gasteiger partial charge in [0.25, 0.3) is 0 Å². The molecule has 0 atom stereocenters. The average molecular weight is 232 g/mol. The third kappa shape index (κ3) is 2.65. The molecular weight excluding hydrogens is 221 g/mol. The molecule has 0 amide bonds. The Morgan fingerprint density at radius 3 is 2.71 bits per heavy atom. The van der Waals surface area contributed by atoms with E-state index in [1.165, 1.54) is 0 Å². The minimum Gasteiger partial charge on any atom is -0.319 e. The second-order valence-electron chi connectivity index (χ2n) is 2.71. The second-order valence-corrected chi connectivity index (χ2v) is 3.40. The van der Waals surface area contributed by atoms with Crippen LogP contribution >= 0.6 is 23.2 Å². The maximum Gasteiger partial charge on any atom is 0.204 e. The molecule has 1 N–H and O–H groups in total. The summed E-state index contributed by atoms with van der Waals surface area (Å²) in [7, 11) is 1.82. The van der Waals surface area contributed by atoms with E-state index in [1.54, 1.807) is 11.5 Å². The van der Waals surface area contributed by atoms with E-state index in [0.29, 0.717) is 23.5 Å². The topological polar surface area (TPSA) is 29.9 Å². The van der Waals surface area contributed by atoms with Gasteiger partial charge < -0.3 is 9.88 Å². The van der Waals surface area contributed by atoms with Crippen LogP contribution in [0.2, 0.25) is 10.4 Å². The predicted molar refractivity (Wildman–Crippen MR) is 58.4 cm³/mol. The van der Waals surface area contributed by atoms with Crippen LogP contribution in [-0.2, 0) is 13.6 Å². The van der Waals surface area contributed by atoms with Crippen LogP contribution in [-0.4, -0.2) is 16.1 Å². The number of halogens is 2. The molecule has 0 radical (unpaired) electrons. The lowest BCUT2D eigenvalue weighted by Gasteiger charge is -2.02. The zero-order valence-corrected chi connectivity index (χ0v) is 9.58. The van der Waals surface area contributed by atoms with E-state index in [0.717, 1.165) is 5.69 Å². The number of aromatic nitrogens is 2. The Balaban J connectivity index is 2.61. The fourth-order valence-corrected chi connectivity index (χ4v) is 1.50. The summed E-state index contributed by atoms with van der Waals surface area (Å²) < 4.78 is 1.75. The van der Waals surface area contributed by atoms with Crippen molar-refractivity contribution >= 4 is 23.2 Å². The Kier molecular flexibility index (Phi) is 4.27. The summed E-state index contributed by atoms with van der Waals surface area (Å²) in [6, 6.07) is 0. The maximum absolute atomic E-state index is 5.87. The summed E-state index contributed by atoms with van der Waals surface area (Å²) in [6.07, 6.45) is 0. The van der Waals surface area contributed by atoms with Gasteiger partial charge in [0.05, 0.1) is 12.2 Å². The van der Waals surface area contributed by atoms with Crippen LogP contribution in [0.5, 0.6) is 0 Å². The van der Waals surface area contributed by atoms with E-state index in [4.69, 9.17) is 23.2 Å². The molecule has 0 aliphatic rings. The number of rotatable bonds is 3. The van der Waals surface area contributed by atoms with Gasteiger partial charge in [0.2, 0.25) is 5.28 Å². The van der Waals surface area contributed by atoms with E-state index in [-0.39, 0.29) is 0 Å². The van der Waals surface area contributed by atoms with Gasteiger partial charge in [-0.2, -0.15) is 0 Å². The monoisotopic (exact) mass is 231 g/mol. The SMILES string of the molecule is CC#CCNCc1c(Cl)nc(Cl)n1C. The van der Waals surface area contributed by atoms with E-state index < -0.39 is 0 Å². The van der Waals surface area contributed by atoms with Crippen LogP contribution in [0.15, 0.2) is 0 Å². The fourth-order valence-electron chi connectivity index (χ4n) is 0.994. The molecule has 1 rings (SSSR count). The number of hydrogen-bond acceptors (Lipinski definition) is 2. The summed E-state index contributed by atoms with van der Waals surface area (Å²) in [5.74, 6) is 5.69. The van der Waals surface area contributed by atoms with Gasteiger partial charge in [-0.3, -0.25) is 0 Å². The minimum absolute atomic E-state index is 0.397. The van der Waals surface area contributed by atoms with Crippen molar-refractivity contribution in [2.75, 3.05) is 6.54 Å². The zero-order valence-electron chi connectivity index (χ0n) is 8.06. The fraction of sp³-hybridized carbons (Fsp3) is 0.444. The van der Waals surface area contributed by atoms with Crippen LogP contribution in [0, 0.1) is 11.8 Å². The molecule has 0 saturated carbocycles. The third-order valence-electron chi connectivity index (χ3n) is 1.79. The molecule has 0 aromatic carbocycles. The molecule has 76 valence electrons. The highest BCUT2D eigenvalue weighted by Gasteiger charge is 2.09. The van der Waals surface area contributed by atoms with Gasteiger partial charge in [-0.05, 0) is 18.5 Å². The molecule has 0 fully saturated rings. The molecule has 0 spiro atoms. The lowest BCUT2D eigenvalue weighted by Crippen LogP contribution is -2.15. The van der Waals surface area contributed by atoms with E-state index >= 15 is 0 Å². The van der Waals surface area contributed by atoms with Crippen molar-refractivity contribution in [3.05, 3.63) is 16.1 Å². The Bertz CT molecular complexity index is 373. The summed E-state index contributed by atoms with van der Waals surface area (Å²) in [4.78, 5) is 3.93. The molecule has 5 heteroatoms. The smallest absolute Gasteiger partial charge is 0.204 e. The summed E-state index contributed by atoms with van der Waals surface area (Å²) in [6.45, 7) is 3.05. The highest BCUT2D eigenvalue weighted by molar-refractivity contribution is 6.32. The first-order chi connectivity index (χ1) is 6.66. The van der Waals surface area contributed by atoms with Crippen molar-refractivity contribution in [2.45, 2.75) is 13.5 Å². The third-order valence-corrected chi connectivity index (χ3v) is 2.43. The van der Waals surface area contributed by atoms with Gasteiger partial charge in [0.15, 0.2) is 5.15 Å². The van der Waals surface area contributed by atoms with Crippen molar-refractivity contribution in [3.63, 3.8) is 0 Å². The standard InChI is InChI=1S/C9H11Cl2N3/c1-3-4-5-12-6-7-8(10)13-9(11)14(7)2/h12H,5-6H2,1-2H3. The molecule has 0 aliphatic heterocycles. The summed E-state index contributed by atoms with van der Waals surface area (Å²) >= 11 is 11.7. The molecule has 0 bridgehead atoms. The van der Waals surface area contributed by atoms with Gasteiger partial charge in [0.1, 0.15) is 0 Å². The molecule has 0 unspecified atom stereocenters. The lowest BCUT2D eigenvalue weighted by atomic mass is 10.4. The van der Waals surface area contributed by atoms with Gasteiger partial charge >= 0.3 is 0 Å². The Hall–Kier alpha value is -0.690. The molecule has 0 saturated heterocycles. The average Bonchev–Trinajstić information content (AvgIpc) is 2.38. The first-order valence-corrected chi connectivity index (χ1v) is 4.89. The van der Waals surface area contributed by atoms with Crippen LogP contribution < -0.4 is 5.32 Å². The largest absolute Gasteiger partial charge is 0.319 e. The van der Waals surface area contributed by atoms with E-state index in [1.807, 2.05) is 7.05 Å². The van der Waals surface area contributed by atoms with Crippen LogP contribution in [0.1, 0.15) is 12.6 Å². The number of imidazole rings is 1. The normalized spacial score (nSPS) is 9.71. The summed E-state index contributed by atoms with van der Waals surface area (Å²) in [5, 5.41) is 3.96. The molecule has 0 aliphatic carbocycles. The van der Waals surface area contributed by atoms with Gasteiger partial charge in [0, 0.05) is 13.6 Å². The lowest BCUT2D eigenvalue weighted by molar-refractivity contribution is 0.707. The molecule has 1 aromatic rings. The zero-order chi connectivity index (χ0) is 10.6. The van der Waals surface area contributed by atoms with Gasteiger partial charge in [-0.1, -0.05) is 17.5 Å². The van der Waals surface area contributed by atoms with Crippen molar-refractivity contribution < 1.29 is 0 Å². The van der Waals surface area contributed by atoms with E-state index in [9.17, 15) is 0 Å². The van der Waals surface area contributed by atoms with Crippen molar-refractivity contribution in [3.8, 4) is 11.8 Å². The highest BCUT2D eigenvalue weighted by Crippen LogP contribution is 2.18. The molecule has 1 aromatic heterocycles. The van der Waals surface area contributed by atoms with Crippen LogP contribution in [0.4, 0.5) is 0 Å². The Morgan fingerprint density at radius 1 is 1.50 bits per heavy atom. The van der Waals surface area contributed by atoms with Crippen molar-refractivity contribution in [2.24, 2.45) is 7.05 Å². The van der Waals surface area contributed by atoms with Gasteiger partial charge in [-0.15, -0.1) is 5.92 Å². The first-order valence-electron chi connectivity index (χ1n) is 4.13. The second kappa shape index (κ2) is 5.26. The highest BCUT2D eigenvalue weighted by atomic mass is 35.5. The molecule has 3 nitrogen and oxygen atoms in total. The number of hydrogen-bond donors (Lipinski definition) is 1. The maximum atomic E-state index is 5.87. The van der Waals surface area contributed by atoms with E-state index in [2.05, 4.69) is 22.1 Å². The number of nitrogens with one attached hydrogen (secondary N) is 1. The number of nitrogens with zero attached hydrogens (tertiary/aromatic N) is 2. The first kappa shape index (κ1) is 11.4. The quantitative estimate of drug-likeness (QED) is 0.636. The van der Waals surface area contributed by atoms with Crippen LogP contribution in [0.3, 0.4) is 0 Å². The predicted octanol–water partition coefficient (Wildman–Crippen LogP) is 1.84. The van der Waals surface area contributed by atoms with Crippen LogP contribution in [0.25, 0.3) is 0 Å².